The average Bonchev–Trinajstić information content (AvgIpc) is 2.78. The van der Waals surface area contributed by atoms with E-state index in [0.29, 0.717) is 6.42 Å². The third-order valence-electron chi connectivity index (χ3n) is 4.10. The van der Waals surface area contributed by atoms with Crippen molar-refractivity contribution in [2.24, 2.45) is 11.7 Å². The summed E-state index contributed by atoms with van der Waals surface area (Å²) in [6, 6.07) is 5.78. The lowest BCUT2D eigenvalue weighted by Gasteiger charge is -2.25. The summed E-state index contributed by atoms with van der Waals surface area (Å²) in [4.78, 5) is 0. The van der Waals surface area contributed by atoms with Crippen molar-refractivity contribution in [3.8, 4) is 5.75 Å². The van der Waals surface area contributed by atoms with E-state index in [9.17, 15) is 8.42 Å². The van der Waals surface area contributed by atoms with Gasteiger partial charge >= 0.3 is 0 Å². The molecule has 0 saturated carbocycles. The molecule has 0 radical (unpaired) electrons. The molecule has 0 amide bonds. The predicted octanol–water partition coefficient (Wildman–Crippen LogP) is 1.45. The zero-order valence-electron chi connectivity index (χ0n) is 10.8. The van der Waals surface area contributed by atoms with Gasteiger partial charge in [0, 0.05) is 11.6 Å². The maximum absolute atomic E-state index is 11.6. The molecule has 2 N–H and O–H groups in total. The van der Waals surface area contributed by atoms with E-state index in [0.717, 1.165) is 30.8 Å². The molecule has 5 heteroatoms. The number of hydrogen-bond acceptors (Lipinski definition) is 4. The summed E-state index contributed by atoms with van der Waals surface area (Å²) in [6.45, 7) is 0.722. The van der Waals surface area contributed by atoms with E-state index >= 15 is 0 Å². The van der Waals surface area contributed by atoms with Gasteiger partial charge in [-0.1, -0.05) is 18.2 Å². The number of benzene rings is 1. The van der Waals surface area contributed by atoms with Crippen LogP contribution in [0.1, 0.15) is 30.0 Å². The van der Waals surface area contributed by atoms with Gasteiger partial charge in [0.05, 0.1) is 18.1 Å². The van der Waals surface area contributed by atoms with Gasteiger partial charge in [0.15, 0.2) is 9.84 Å². The van der Waals surface area contributed by atoms with E-state index in [1.165, 1.54) is 5.56 Å². The maximum atomic E-state index is 11.6. The first kappa shape index (κ1) is 12.9. The summed E-state index contributed by atoms with van der Waals surface area (Å²) in [7, 11) is -2.89. The molecule has 2 aliphatic heterocycles. The molecule has 2 atom stereocenters. The smallest absolute Gasteiger partial charge is 0.150 e. The first-order chi connectivity index (χ1) is 9.07. The SMILES string of the molecule is NC(c1cccc2c1OCCC2)C1CCS(=O)(=O)C1. The lowest BCUT2D eigenvalue weighted by molar-refractivity contribution is 0.280. The van der Waals surface area contributed by atoms with Gasteiger partial charge in [0.1, 0.15) is 5.75 Å². The fraction of sp³-hybridized carbons (Fsp3) is 0.571. The minimum atomic E-state index is -2.89. The second kappa shape index (κ2) is 4.80. The van der Waals surface area contributed by atoms with Crippen LogP contribution in [0.15, 0.2) is 18.2 Å². The molecule has 2 aliphatic rings. The lowest BCUT2D eigenvalue weighted by atomic mass is 9.90. The Morgan fingerprint density at radius 3 is 2.95 bits per heavy atom. The highest BCUT2D eigenvalue weighted by Gasteiger charge is 2.34. The lowest BCUT2D eigenvalue weighted by Crippen LogP contribution is -2.24. The van der Waals surface area contributed by atoms with Crippen LogP contribution >= 0.6 is 0 Å². The molecule has 1 fully saturated rings. The van der Waals surface area contributed by atoms with Crippen molar-refractivity contribution in [2.75, 3.05) is 18.1 Å². The molecule has 1 saturated heterocycles. The fourth-order valence-corrected chi connectivity index (χ4v) is 4.89. The van der Waals surface area contributed by atoms with Crippen LogP contribution in [0.4, 0.5) is 0 Å². The Bertz CT molecular complexity index is 582. The van der Waals surface area contributed by atoms with Crippen LogP contribution in [0.3, 0.4) is 0 Å². The summed E-state index contributed by atoms with van der Waals surface area (Å²) in [5.41, 5.74) is 8.47. The molecule has 0 bridgehead atoms. The molecule has 2 unspecified atom stereocenters. The Hall–Kier alpha value is -1.07. The summed E-state index contributed by atoms with van der Waals surface area (Å²) in [6.07, 6.45) is 2.70. The Morgan fingerprint density at radius 2 is 2.21 bits per heavy atom. The standard InChI is InChI=1S/C14H19NO3S/c15-13(11-6-8-19(16,17)9-11)12-5-1-3-10-4-2-7-18-14(10)12/h1,3,5,11,13H,2,4,6-9,15H2. The Labute approximate surface area is 113 Å². The van der Waals surface area contributed by atoms with E-state index in [2.05, 4.69) is 6.07 Å². The number of aryl methyl sites for hydroxylation is 1. The van der Waals surface area contributed by atoms with Gasteiger partial charge in [-0.2, -0.15) is 0 Å². The van der Waals surface area contributed by atoms with E-state index in [-0.39, 0.29) is 23.5 Å². The molecule has 1 aromatic rings. The summed E-state index contributed by atoms with van der Waals surface area (Å²) in [5, 5.41) is 0. The van der Waals surface area contributed by atoms with Crippen molar-refractivity contribution in [1.82, 2.24) is 0 Å². The molecular formula is C14H19NO3S. The molecule has 0 aromatic heterocycles. The van der Waals surface area contributed by atoms with Gasteiger partial charge in [0.25, 0.3) is 0 Å². The highest BCUT2D eigenvalue weighted by Crippen LogP contribution is 2.37. The van der Waals surface area contributed by atoms with Crippen molar-refractivity contribution in [2.45, 2.75) is 25.3 Å². The Morgan fingerprint density at radius 1 is 1.37 bits per heavy atom. The number of fused-ring (bicyclic) bond motifs is 1. The van der Waals surface area contributed by atoms with Crippen LogP contribution in [0, 0.1) is 5.92 Å². The number of hydrogen-bond donors (Lipinski definition) is 1. The second-order valence-electron chi connectivity index (χ2n) is 5.48. The van der Waals surface area contributed by atoms with Gasteiger partial charge in [0.2, 0.25) is 0 Å². The largest absolute Gasteiger partial charge is 0.493 e. The van der Waals surface area contributed by atoms with E-state index < -0.39 is 9.84 Å². The van der Waals surface area contributed by atoms with E-state index in [1.807, 2.05) is 12.1 Å². The number of sulfone groups is 1. The molecule has 4 nitrogen and oxygen atoms in total. The zero-order valence-corrected chi connectivity index (χ0v) is 11.7. The van der Waals surface area contributed by atoms with Crippen LogP contribution in [0.2, 0.25) is 0 Å². The summed E-state index contributed by atoms with van der Waals surface area (Å²) >= 11 is 0. The van der Waals surface area contributed by atoms with Gasteiger partial charge in [-0.3, -0.25) is 0 Å². The highest BCUT2D eigenvalue weighted by molar-refractivity contribution is 7.91. The Kier molecular flexibility index (Phi) is 3.27. The van der Waals surface area contributed by atoms with Crippen molar-refractivity contribution >= 4 is 9.84 Å². The monoisotopic (exact) mass is 281 g/mol. The zero-order chi connectivity index (χ0) is 13.5. The minimum absolute atomic E-state index is 0.0158. The summed E-state index contributed by atoms with van der Waals surface area (Å²) < 4.78 is 28.9. The number of ether oxygens (including phenoxy) is 1. The van der Waals surface area contributed by atoms with E-state index in [4.69, 9.17) is 10.5 Å². The van der Waals surface area contributed by atoms with Crippen LogP contribution in [0.5, 0.6) is 5.75 Å². The third kappa shape index (κ3) is 2.49. The minimum Gasteiger partial charge on any atom is -0.493 e. The van der Waals surface area contributed by atoms with Crippen LogP contribution < -0.4 is 10.5 Å². The van der Waals surface area contributed by atoms with Gasteiger partial charge < -0.3 is 10.5 Å². The first-order valence-electron chi connectivity index (χ1n) is 6.77. The van der Waals surface area contributed by atoms with E-state index in [1.54, 1.807) is 0 Å². The molecule has 0 spiro atoms. The normalized spacial score (nSPS) is 26.5. The molecule has 19 heavy (non-hydrogen) atoms. The van der Waals surface area contributed by atoms with Crippen LogP contribution in [-0.4, -0.2) is 26.5 Å². The predicted molar refractivity (Wildman–Crippen MR) is 73.9 cm³/mol. The number of para-hydroxylation sites is 1. The number of nitrogens with two attached hydrogens (primary N) is 1. The van der Waals surface area contributed by atoms with Crippen molar-refractivity contribution in [3.05, 3.63) is 29.3 Å². The van der Waals surface area contributed by atoms with Gasteiger partial charge in [-0.15, -0.1) is 0 Å². The molecular weight excluding hydrogens is 262 g/mol. The topological polar surface area (TPSA) is 69.4 Å². The van der Waals surface area contributed by atoms with Crippen molar-refractivity contribution in [3.63, 3.8) is 0 Å². The molecule has 104 valence electrons. The fourth-order valence-electron chi connectivity index (χ4n) is 3.04. The Balaban J connectivity index is 1.90. The second-order valence-corrected chi connectivity index (χ2v) is 7.71. The highest BCUT2D eigenvalue weighted by atomic mass is 32.2. The molecule has 1 aromatic carbocycles. The van der Waals surface area contributed by atoms with Gasteiger partial charge in [-0.25, -0.2) is 8.42 Å². The first-order valence-corrected chi connectivity index (χ1v) is 8.59. The number of rotatable bonds is 2. The van der Waals surface area contributed by atoms with Crippen LogP contribution in [0.25, 0.3) is 0 Å². The summed E-state index contributed by atoms with van der Waals surface area (Å²) in [5.74, 6) is 1.38. The molecule has 3 rings (SSSR count). The average molecular weight is 281 g/mol. The van der Waals surface area contributed by atoms with Crippen molar-refractivity contribution < 1.29 is 13.2 Å². The van der Waals surface area contributed by atoms with Crippen LogP contribution in [-0.2, 0) is 16.3 Å². The van der Waals surface area contributed by atoms with Crippen molar-refractivity contribution in [1.29, 1.82) is 0 Å². The quantitative estimate of drug-likeness (QED) is 0.890. The molecule has 0 aliphatic carbocycles. The van der Waals surface area contributed by atoms with Gasteiger partial charge in [-0.05, 0) is 30.7 Å². The third-order valence-corrected chi connectivity index (χ3v) is 5.89. The maximum Gasteiger partial charge on any atom is 0.150 e. The molecule has 2 heterocycles.